The molecule has 0 bridgehead atoms. The van der Waals surface area contributed by atoms with Crippen LogP contribution >= 0.6 is 0 Å². The second-order valence-electron chi connectivity index (χ2n) is 5.94. The lowest BCUT2D eigenvalue weighted by molar-refractivity contribution is 0.0577. The third-order valence-electron chi connectivity index (χ3n) is 4.47. The zero-order valence-electron chi connectivity index (χ0n) is 11.2. The van der Waals surface area contributed by atoms with Crippen LogP contribution in [-0.2, 0) is 0 Å². The molecule has 0 aromatic heterocycles. The van der Waals surface area contributed by atoms with E-state index >= 15 is 0 Å². The first-order valence-electron chi connectivity index (χ1n) is 6.64. The van der Waals surface area contributed by atoms with E-state index in [1.807, 2.05) is 6.07 Å². The largest absolute Gasteiger partial charge is 0.394 e. The van der Waals surface area contributed by atoms with Gasteiger partial charge in [-0.15, -0.1) is 0 Å². The Balaban J connectivity index is 2.30. The van der Waals surface area contributed by atoms with E-state index in [0.717, 1.165) is 19.3 Å². The number of anilines is 1. The Kier molecular flexibility index (Phi) is 3.62. The molecule has 0 saturated heterocycles. The number of hydrogen-bond acceptors (Lipinski definition) is 2. The summed E-state index contributed by atoms with van der Waals surface area (Å²) < 4.78 is 13.8. The molecule has 2 nitrogen and oxygen atoms in total. The summed E-state index contributed by atoms with van der Waals surface area (Å²) in [5, 5.41) is 13.1. The summed E-state index contributed by atoms with van der Waals surface area (Å²) in [6, 6.07) is 6.67. The minimum Gasteiger partial charge on any atom is -0.394 e. The molecule has 2 N–H and O–H groups in total. The van der Waals surface area contributed by atoms with Gasteiger partial charge in [-0.2, -0.15) is 0 Å². The van der Waals surface area contributed by atoms with Gasteiger partial charge < -0.3 is 10.4 Å². The Hall–Kier alpha value is -1.09. The molecule has 1 fully saturated rings. The van der Waals surface area contributed by atoms with Crippen LogP contribution < -0.4 is 5.32 Å². The number of halogens is 1. The maximum atomic E-state index is 13.8. The van der Waals surface area contributed by atoms with E-state index in [9.17, 15) is 9.50 Å². The van der Waals surface area contributed by atoms with Gasteiger partial charge in [0.05, 0.1) is 17.8 Å². The summed E-state index contributed by atoms with van der Waals surface area (Å²) in [5.41, 5.74) is 0.0249. The molecule has 1 saturated carbocycles. The van der Waals surface area contributed by atoms with Crippen molar-refractivity contribution in [3.63, 3.8) is 0 Å². The molecule has 3 heteroatoms. The van der Waals surface area contributed by atoms with Crippen LogP contribution in [0.15, 0.2) is 24.3 Å². The molecule has 0 amide bonds. The highest BCUT2D eigenvalue weighted by Crippen LogP contribution is 2.45. The lowest BCUT2D eigenvalue weighted by Gasteiger charge is -2.50. The van der Waals surface area contributed by atoms with Crippen LogP contribution in [0.5, 0.6) is 0 Å². The standard InChI is InChI=1S/C15H22FNO/c1-14(2)9-5-6-10-15(14,11-18)17-13-8-4-3-7-12(13)16/h3-4,7-8,17-18H,5-6,9-11H2,1-2H3. The number of nitrogens with one attached hydrogen (secondary N) is 1. The van der Waals surface area contributed by atoms with E-state index < -0.39 is 5.54 Å². The zero-order chi connectivity index (χ0) is 13.2. The topological polar surface area (TPSA) is 32.3 Å². The van der Waals surface area contributed by atoms with Crippen molar-refractivity contribution in [2.45, 2.75) is 45.1 Å². The van der Waals surface area contributed by atoms with E-state index in [2.05, 4.69) is 19.2 Å². The SMILES string of the molecule is CC1(C)CCCCC1(CO)Nc1ccccc1F. The van der Waals surface area contributed by atoms with Gasteiger partial charge in [0.25, 0.3) is 0 Å². The van der Waals surface area contributed by atoms with Gasteiger partial charge in [-0.05, 0) is 30.4 Å². The first-order valence-corrected chi connectivity index (χ1v) is 6.64. The summed E-state index contributed by atoms with van der Waals surface area (Å²) in [6.07, 6.45) is 4.18. The summed E-state index contributed by atoms with van der Waals surface area (Å²) in [7, 11) is 0. The monoisotopic (exact) mass is 251 g/mol. The van der Waals surface area contributed by atoms with Crippen LogP contribution in [-0.4, -0.2) is 17.3 Å². The molecule has 1 unspecified atom stereocenters. The Bertz CT molecular complexity index is 419. The van der Waals surface area contributed by atoms with E-state index in [4.69, 9.17) is 0 Å². The molecule has 1 aromatic rings. The molecule has 18 heavy (non-hydrogen) atoms. The Morgan fingerprint density at radius 3 is 2.50 bits per heavy atom. The van der Waals surface area contributed by atoms with Crippen molar-refractivity contribution < 1.29 is 9.50 Å². The smallest absolute Gasteiger partial charge is 0.146 e. The minimum atomic E-state index is -0.423. The Morgan fingerprint density at radius 1 is 1.22 bits per heavy atom. The third kappa shape index (κ3) is 2.24. The Morgan fingerprint density at radius 2 is 1.89 bits per heavy atom. The molecule has 1 aliphatic rings. The van der Waals surface area contributed by atoms with Gasteiger partial charge in [-0.3, -0.25) is 0 Å². The quantitative estimate of drug-likeness (QED) is 0.860. The van der Waals surface area contributed by atoms with Crippen LogP contribution in [0.2, 0.25) is 0 Å². The predicted octanol–water partition coefficient (Wildman–Crippen LogP) is 3.57. The zero-order valence-corrected chi connectivity index (χ0v) is 11.2. The van der Waals surface area contributed by atoms with Crippen LogP contribution in [0.25, 0.3) is 0 Å². The molecule has 1 aromatic carbocycles. The molecule has 100 valence electrons. The molecule has 1 aliphatic carbocycles. The second kappa shape index (κ2) is 4.88. The van der Waals surface area contributed by atoms with Crippen molar-refractivity contribution in [2.75, 3.05) is 11.9 Å². The third-order valence-corrected chi connectivity index (χ3v) is 4.47. The molecule has 0 spiro atoms. The highest BCUT2D eigenvalue weighted by Gasteiger charge is 2.46. The predicted molar refractivity (Wildman–Crippen MR) is 72.1 cm³/mol. The number of hydrogen-bond donors (Lipinski definition) is 2. The summed E-state index contributed by atoms with van der Waals surface area (Å²) in [5.74, 6) is -0.258. The maximum absolute atomic E-state index is 13.8. The Labute approximate surface area is 108 Å². The van der Waals surface area contributed by atoms with Crippen molar-refractivity contribution in [2.24, 2.45) is 5.41 Å². The summed E-state index contributed by atoms with van der Waals surface area (Å²) in [6.45, 7) is 4.33. The molecular weight excluding hydrogens is 229 g/mol. The van der Waals surface area contributed by atoms with Gasteiger partial charge in [-0.25, -0.2) is 4.39 Å². The van der Waals surface area contributed by atoms with Crippen LogP contribution in [0.4, 0.5) is 10.1 Å². The fourth-order valence-corrected chi connectivity index (χ4v) is 2.96. The molecule has 0 heterocycles. The summed E-state index contributed by atoms with van der Waals surface area (Å²) in [4.78, 5) is 0. The average molecular weight is 251 g/mol. The lowest BCUT2D eigenvalue weighted by atomic mass is 9.63. The lowest BCUT2D eigenvalue weighted by Crippen LogP contribution is -2.56. The van der Waals surface area contributed by atoms with Gasteiger partial charge in [0, 0.05) is 0 Å². The van der Waals surface area contributed by atoms with Crippen molar-refractivity contribution >= 4 is 5.69 Å². The number of para-hydroxylation sites is 1. The van der Waals surface area contributed by atoms with Crippen LogP contribution in [0.3, 0.4) is 0 Å². The number of aliphatic hydroxyl groups excluding tert-OH is 1. The number of aliphatic hydroxyl groups is 1. The van der Waals surface area contributed by atoms with Gasteiger partial charge in [0.1, 0.15) is 5.82 Å². The van der Waals surface area contributed by atoms with E-state index in [1.54, 1.807) is 12.1 Å². The van der Waals surface area contributed by atoms with Gasteiger partial charge in [-0.1, -0.05) is 38.8 Å². The van der Waals surface area contributed by atoms with Crippen molar-refractivity contribution in [1.82, 2.24) is 0 Å². The van der Waals surface area contributed by atoms with Gasteiger partial charge in [0.15, 0.2) is 0 Å². The molecular formula is C15H22FNO. The first-order chi connectivity index (χ1) is 8.51. The van der Waals surface area contributed by atoms with Crippen LogP contribution in [0.1, 0.15) is 39.5 Å². The van der Waals surface area contributed by atoms with Crippen molar-refractivity contribution in [1.29, 1.82) is 0 Å². The molecule has 1 atom stereocenters. The van der Waals surface area contributed by atoms with E-state index in [0.29, 0.717) is 5.69 Å². The van der Waals surface area contributed by atoms with Crippen molar-refractivity contribution in [3.05, 3.63) is 30.1 Å². The van der Waals surface area contributed by atoms with E-state index in [1.165, 1.54) is 12.5 Å². The molecule has 2 rings (SSSR count). The fourth-order valence-electron chi connectivity index (χ4n) is 2.96. The number of rotatable bonds is 3. The van der Waals surface area contributed by atoms with E-state index in [-0.39, 0.29) is 17.8 Å². The minimum absolute atomic E-state index is 0.0360. The normalized spacial score (nSPS) is 26.9. The number of benzene rings is 1. The second-order valence-corrected chi connectivity index (χ2v) is 5.94. The van der Waals surface area contributed by atoms with Crippen molar-refractivity contribution in [3.8, 4) is 0 Å². The maximum Gasteiger partial charge on any atom is 0.146 e. The van der Waals surface area contributed by atoms with Gasteiger partial charge >= 0.3 is 0 Å². The van der Waals surface area contributed by atoms with Crippen LogP contribution in [0, 0.1) is 11.2 Å². The highest BCUT2D eigenvalue weighted by molar-refractivity contribution is 5.47. The molecule has 0 aliphatic heterocycles. The molecule has 0 radical (unpaired) electrons. The first kappa shape index (κ1) is 13.3. The average Bonchev–Trinajstić information content (AvgIpc) is 2.34. The van der Waals surface area contributed by atoms with Gasteiger partial charge in [0.2, 0.25) is 0 Å². The summed E-state index contributed by atoms with van der Waals surface area (Å²) >= 11 is 0. The highest BCUT2D eigenvalue weighted by atomic mass is 19.1. The fraction of sp³-hybridized carbons (Fsp3) is 0.600.